The molecule has 4 rings (SSSR count). The summed E-state index contributed by atoms with van der Waals surface area (Å²) in [5.74, 6) is -1.06. The van der Waals surface area contributed by atoms with Crippen molar-refractivity contribution in [1.82, 2.24) is 4.90 Å². The van der Waals surface area contributed by atoms with Gasteiger partial charge in [0.1, 0.15) is 6.54 Å². The Morgan fingerprint density at radius 3 is 2.53 bits per heavy atom. The molecule has 0 spiro atoms. The van der Waals surface area contributed by atoms with E-state index in [1.165, 1.54) is 23.6 Å². The van der Waals surface area contributed by atoms with E-state index in [1.54, 1.807) is 41.3 Å². The van der Waals surface area contributed by atoms with Crippen LogP contribution in [0.25, 0.3) is 0 Å². The highest BCUT2D eigenvalue weighted by molar-refractivity contribution is 8.01. The Labute approximate surface area is 191 Å². The van der Waals surface area contributed by atoms with Gasteiger partial charge in [0.2, 0.25) is 11.8 Å². The maximum atomic E-state index is 13.3. The Hall–Kier alpha value is -3.13. The van der Waals surface area contributed by atoms with Gasteiger partial charge in [-0.2, -0.15) is 0 Å². The van der Waals surface area contributed by atoms with Crippen LogP contribution in [0.5, 0.6) is 0 Å². The van der Waals surface area contributed by atoms with E-state index in [1.807, 2.05) is 12.1 Å². The van der Waals surface area contributed by atoms with Crippen LogP contribution >= 0.6 is 11.8 Å². The van der Waals surface area contributed by atoms with Gasteiger partial charge in [0.05, 0.1) is 5.69 Å². The summed E-state index contributed by atoms with van der Waals surface area (Å²) in [6.45, 7) is 2.57. The maximum absolute atomic E-state index is 13.3. The lowest BCUT2D eigenvalue weighted by Gasteiger charge is -2.36. The zero-order valence-corrected chi connectivity index (χ0v) is 18.7. The van der Waals surface area contributed by atoms with Gasteiger partial charge >= 0.3 is 0 Å². The molecule has 1 saturated heterocycles. The highest BCUT2D eigenvalue weighted by Gasteiger charge is 2.40. The van der Waals surface area contributed by atoms with Crippen LogP contribution in [-0.4, -0.2) is 53.3 Å². The van der Waals surface area contributed by atoms with Crippen molar-refractivity contribution in [3.63, 3.8) is 0 Å². The van der Waals surface area contributed by atoms with Crippen molar-refractivity contribution in [2.75, 3.05) is 29.9 Å². The number of rotatable bonds is 5. The molecule has 1 N–H and O–H groups in total. The van der Waals surface area contributed by atoms with Crippen molar-refractivity contribution >= 4 is 46.6 Å². The second-order valence-electron chi connectivity index (χ2n) is 7.96. The van der Waals surface area contributed by atoms with E-state index in [-0.39, 0.29) is 24.1 Å². The average Bonchev–Trinajstić information content (AvgIpc) is 2.81. The van der Waals surface area contributed by atoms with Crippen molar-refractivity contribution in [2.24, 2.45) is 0 Å². The van der Waals surface area contributed by atoms with Crippen LogP contribution in [0.2, 0.25) is 0 Å². The molecular weight excluding hydrogens is 426 g/mol. The first-order valence-corrected chi connectivity index (χ1v) is 11.6. The zero-order chi connectivity index (χ0) is 22.7. The number of carbonyl (C=O) groups is 4. The predicted octanol–water partition coefficient (Wildman–Crippen LogP) is 3.35. The molecular formula is C24H25N3O4S. The summed E-state index contributed by atoms with van der Waals surface area (Å²) in [6, 6.07) is 14.0. The Bertz CT molecular complexity index is 1060. The summed E-state index contributed by atoms with van der Waals surface area (Å²) in [6.07, 6.45) is 2.98. The third-order valence-electron chi connectivity index (χ3n) is 5.64. The molecule has 7 nitrogen and oxygen atoms in total. The lowest BCUT2D eigenvalue weighted by Crippen LogP contribution is -2.52. The van der Waals surface area contributed by atoms with Crippen LogP contribution < -0.4 is 10.2 Å². The molecule has 3 amide bonds. The largest absolute Gasteiger partial charge is 0.341 e. The molecule has 8 heteroatoms. The van der Waals surface area contributed by atoms with Crippen LogP contribution in [0.1, 0.15) is 36.5 Å². The number of benzene rings is 2. The molecule has 0 radical (unpaired) electrons. The van der Waals surface area contributed by atoms with Crippen molar-refractivity contribution in [2.45, 2.75) is 36.3 Å². The van der Waals surface area contributed by atoms with Crippen molar-refractivity contribution in [3.05, 3.63) is 54.1 Å². The quantitative estimate of drug-likeness (QED) is 0.557. The lowest BCUT2D eigenvalue weighted by atomic mass is 10.1. The molecule has 2 aliphatic rings. The van der Waals surface area contributed by atoms with Crippen LogP contribution in [0.15, 0.2) is 53.4 Å². The Morgan fingerprint density at radius 1 is 1.03 bits per heavy atom. The number of hydrogen-bond acceptors (Lipinski definition) is 5. The van der Waals surface area contributed by atoms with Gasteiger partial charge in [-0.15, -0.1) is 11.8 Å². The second kappa shape index (κ2) is 9.56. The summed E-state index contributed by atoms with van der Waals surface area (Å²) in [5, 5.41) is 1.86. The fourth-order valence-corrected chi connectivity index (χ4v) is 5.16. The lowest BCUT2D eigenvalue weighted by molar-refractivity contribution is -0.135. The standard InChI is InChI=1S/C24H25N3O4S/c1-16(28)17-8-7-9-18(14-17)25-21(29)15-27-19-10-3-4-11-20(19)32-22(24(27)31)23(30)26-12-5-2-6-13-26/h3-4,7-11,14,22H,2,5-6,12-13,15H2,1H3,(H,25,29)/t22-/m1/s1. The number of carbonyl (C=O) groups excluding carboxylic acids is 4. The SMILES string of the molecule is CC(=O)c1cccc(NC(=O)CN2C(=O)[C@@H](C(=O)N3CCCCC3)Sc3ccccc32)c1. The number of ketones is 1. The zero-order valence-electron chi connectivity index (χ0n) is 17.9. The summed E-state index contributed by atoms with van der Waals surface area (Å²) in [7, 11) is 0. The molecule has 2 aliphatic heterocycles. The Morgan fingerprint density at radius 2 is 1.78 bits per heavy atom. The molecule has 2 aromatic carbocycles. The minimum absolute atomic E-state index is 0.0997. The number of nitrogens with one attached hydrogen (secondary N) is 1. The van der Waals surface area contributed by atoms with E-state index in [0.717, 1.165) is 24.2 Å². The average molecular weight is 452 g/mol. The number of hydrogen-bond donors (Lipinski definition) is 1. The van der Waals surface area contributed by atoms with Crippen LogP contribution in [0, 0.1) is 0 Å². The van der Waals surface area contributed by atoms with Crippen molar-refractivity contribution in [3.8, 4) is 0 Å². The van der Waals surface area contributed by atoms with Crippen molar-refractivity contribution < 1.29 is 19.2 Å². The summed E-state index contributed by atoms with van der Waals surface area (Å²) in [4.78, 5) is 54.8. The number of thioether (sulfide) groups is 1. The van der Waals surface area contributed by atoms with Gasteiger partial charge < -0.3 is 15.1 Å². The van der Waals surface area contributed by atoms with Gasteiger partial charge in [0, 0.05) is 29.2 Å². The third-order valence-corrected chi connectivity index (χ3v) is 6.88. The minimum Gasteiger partial charge on any atom is -0.341 e. The Balaban J connectivity index is 1.54. The number of fused-ring (bicyclic) bond motifs is 1. The van der Waals surface area contributed by atoms with Gasteiger partial charge in [-0.05, 0) is 50.5 Å². The Kier molecular flexibility index (Phi) is 6.60. The van der Waals surface area contributed by atoms with Gasteiger partial charge in [0.25, 0.3) is 5.91 Å². The minimum atomic E-state index is -0.892. The third kappa shape index (κ3) is 4.70. The topological polar surface area (TPSA) is 86.8 Å². The van der Waals surface area contributed by atoms with E-state index < -0.39 is 11.2 Å². The van der Waals surface area contributed by atoms with E-state index in [0.29, 0.717) is 30.0 Å². The normalized spacial score (nSPS) is 18.2. The van der Waals surface area contributed by atoms with Gasteiger partial charge in [-0.25, -0.2) is 0 Å². The maximum Gasteiger partial charge on any atom is 0.250 e. The monoisotopic (exact) mass is 451 g/mol. The molecule has 32 heavy (non-hydrogen) atoms. The summed E-state index contributed by atoms with van der Waals surface area (Å²) < 4.78 is 0. The number of amides is 3. The van der Waals surface area contributed by atoms with E-state index >= 15 is 0 Å². The van der Waals surface area contributed by atoms with Crippen LogP contribution in [-0.2, 0) is 14.4 Å². The molecule has 1 fully saturated rings. The van der Waals surface area contributed by atoms with Gasteiger partial charge in [0.15, 0.2) is 11.0 Å². The number of likely N-dealkylation sites (tertiary alicyclic amines) is 1. The molecule has 2 aromatic rings. The van der Waals surface area contributed by atoms with Crippen molar-refractivity contribution in [1.29, 1.82) is 0 Å². The van der Waals surface area contributed by atoms with Crippen LogP contribution in [0.4, 0.5) is 11.4 Å². The highest BCUT2D eigenvalue weighted by Crippen LogP contribution is 2.40. The molecule has 0 aromatic heterocycles. The number of para-hydroxylation sites is 1. The molecule has 1 atom stereocenters. The van der Waals surface area contributed by atoms with Gasteiger partial charge in [-0.3, -0.25) is 19.2 Å². The van der Waals surface area contributed by atoms with E-state index in [2.05, 4.69) is 5.32 Å². The summed E-state index contributed by atoms with van der Waals surface area (Å²) >= 11 is 1.26. The molecule has 0 saturated carbocycles. The fraction of sp³-hybridized carbons (Fsp3) is 0.333. The first-order valence-electron chi connectivity index (χ1n) is 10.7. The second-order valence-corrected chi connectivity index (χ2v) is 9.11. The fourth-order valence-electron chi connectivity index (χ4n) is 3.98. The molecule has 0 bridgehead atoms. The van der Waals surface area contributed by atoms with E-state index in [9.17, 15) is 19.2 Å². The number of nitrogens with zero attached hydrogens (tertiary/aromatic N) is 2. The predicted molar refractivity (Wildman–Crippen MR) is 124 cm³/mol. The molecule has 2 heterocycles. The first-order chi connectivity index (χ1) is 15.4. The number of piperidine rings is 1. The number of Topliss-reactive ketones (excluding diaryl/α,β-unsaturated/α-hetero) is 1. The van der Waals surface area contributed by atoms with E-state index in [4.69, 9.17) is 0 Å². The first kappa shape index (κ1) is 22.1. The van der Waals surface area contributed by atoms with Gasteiger partial charge in [-0.1, -0.05) is 24.3 Å². The summed E-state index contributed by atoms with van der Waals surface area (Å²) in [5.41, 5.74) is 1.60. The highest BCUT2D eigenvalue weighted by atomic mass is 32.2. The smallest absolute Gasteiger partial charge is 0.250 e. The van der Waals surface area contributed by atoms with Crippen LogP contribution in [0.3, 0.4) is 0 Å². The number of anilines is 2. The molecule has 0 unspecified atom stereocenters. The molecule has 0 aliphatic carbocycles. The molecule has 166 valence electrons.